The van der Waals surface area contributed by atoms with E-state index in [4.69, 9.17) is 4.42 Å². The number of fused-ring (bicyclic) bond motifs is 2. The molecule has 0 N–H and O–H groups in total. The fourth-order valence-electron chi connectivity index (χ4n) is 3.04. The summed E-state index contributed by atoms with van der Waals surface area (Å²) in [4.78, 5) is 11.9. The first-order valence-corrected chi connectivity index (χ1v) is 9.09. The van der Waals surface area contributed by atoms with Gasteiger partial charge in [0.05, 0.1) is 0 Å². The van der Waals surface area contributed by atoms with Crippen LogP contribution in [0.25, 0.3) is 11.0 Å². The first-order valence-electron chi connectivity index (χ1n) is 7.65. The third-order valence-corrected chi connectivity index (χ3v) is 6.15. The molecule has 4 rings (SSSR count). The number of para-hydroxylation sites is 1. The molecule has 6 heteroatoms. The van der Waals surface area contributed by atoms with Crippen molar-refractivity contribution in [1.29, 1.82) is 0 Å². The van der Waals surface area contributed by atoms with E-state index in [1.807, 2.05) is 24.3 Å². The van der Waals surface area contributed by atoms with E-state index in [1.54, 1.807) is 24.3 Å². The Bertz CT molecular complexity index is 1090. The molecule has 0 amide bonds. The second-order valence-corrected chi connectivity index (χ2v) is 7.70. The van der Waals surface area contributed by atoms with Crippen molar-refractivity contribution >= 4 is 21.0 Å². The molecule has 1 aliphatic rings. The number of rotatable bonds is 2. The Balaban J connectivity index is 1.79. The van der Waals surface area contributed by atoms with E-state index in [1.165, 1.54) is 10.4 Å². The van der Waals surface area contributed by atoms with E-state index in [0.29, 0.717) is 23.9 Å². The van der Waals surface area contributed by atoms with Gasteiger partial charge in [0.2, 0.25) is 0 Å². The molecule has 0 saturated carbocycles. The minimum atomic E-state index is -3.90. The molecule has 0 fully saturated rings. The Kier molecular flexibility index (Phi) is 3.51. The first-order chi connectivity index (χ1) is 11.6. The molecule has 5 nitrogen and oxygen atoms in total. The number of hydrogen-bond donors (Lipinski definition) is 0. The highest BCUT2D eigenvalue weighted by Crippen LogP contribution is 2.25. The minimum Gasteiger partial charge on any atom is -0.422 e. The molecule has 24 heavy (non-hydrogen) atoms. The zero-order chi connectivity index (χ0) is 16.7. The van der Waals surface area contributed by atoms with Crippen molar-refractivity contribution in [2.45, 2.75) is 17.9 Å². The van der Waals surface area contributed by atoms with Crippen LogP contribution in [0.2, 0.25) is 0 Å². The predicted octanol–water partition coefficient (Wildman–Crippen LogP) is 2.54. The first kappa shape index (κ1) is 15.1. The van der Waals surface area contributed by atoms with Gasteiger partial charge in [0, 0.05) is 18.5 Å². The van der Waals surface area contributed by atoms with Gasteiger partial charge >= 0.3 is 5.63 Å². The van der Waals surface area contributed by atoms with Gasteiger partial charge in [-0.05, 0) is 29.7 Å². The maximum Gasteiger partial charge on any atom is 0.356 e. The zero-order valence-electron chi connectivity index (χ0n) is 12.8. The summed E-state index contributed by atoms with van der Waals surface area (Å²) in [7, 11) is -3.90. The molecule has 3 aromatic rings. The summed E-state index contributed by atoms with van der Waals surface area (Å²) in [6.07, 6.45) is 0.633. The highest BCUT2D eigenvalue weighted by molar-refractivity contribution is 7.89. The fraction of sp³-hybridized carbons (Fsp3) is 0.167. The Hall–Kier alpha value is -2.44. The lowest BCUT2D eigenvalue weighted by molar-refractivity contribution is 0.388. The van der Waals surface area contributed by atoms with Crippen LogP contribution >= 0.6 is 0 Å². The van der Waals surface area contributed by atoms with Crippen molar-refractivity contribution in [2.75, 3.05) is 6.54 Å². The van der Waals surface area contributed by atoms with Gasteiger partial charge < -0.3 is 4.42 Å². The van der Waals surface area contributed by atoms with Crippen molar-refractivity contribution in [3.63, 3.8) is 0 Å². The monoisotopic (exact) mass is 341 g/mol. The third kappa shape index (κ3) is 2.44. The van der Waals surface area contributed by atoms with Gasteiger partial charge in [-0.25, -0.2) is 13.2 Å². The number of nitrogens with zero attached hydrogens (tertiary/aromatic N) is 1. The molecule has 0 bridgehead atoms. The van der Waals surface area contributed by atoms with Gasteiger partial charge in [-0.3, -0.25) is 0 Å². The van der Waals surface area contributed by atoms with Crippen LogP contribution in [0.5, 0.6) is 0 Å². The quantitative estimate of drug-likeness (QED) is 0.672. The smallest absolute Gasteiger partial charge is 0.356 e. The molecule has 0 radical (unpaired) electrons. The van der Waals surface area contributed by atoms with Gasteiger partial charge in [0.25, 0.3) is 10.0 Å². The largest absolute Gasteiger partial charge is 0.422 e. The molecule has 0 saturated heterocycles. The van der Waals surface area contributed by atoms with E-state index in [9.17, 15) is 13.2 Å². The standard InChI is InChI=1S/C18H15NO4S/c20-18-17(11-14-6-3-4-8-16(14)23-18)24(21,22)19-10-9-13-5-1-2-7-15(13)12-19/h1-8,11H,9-10,12H2. The highest BCUT2D eigenvalue weighted by atomic mass is 32.2. The van der Waals surface area contributed by atoms with Crippen molar-refractivity contribution in [1.82, 2.24) is 4.31 Å². The number of benzene rings is 2. The zero-order valence-corrected chi connectivity index (χ0v) is 13.6. The summed E-state index contributed by atoms with van der Waals surface area (Å²) in [5, 5.41) is 0.591. The van der Waals surface area contributed by atoms with Gasteiger partial charge in [0.1, 0.15) is 5.58 Å². The predicted molar refractivity (Wildman–Crippen MR) is 90.2 cm³/mol. The van der Waals surface area contributed by atoms with Gasteiger partial charge in [-0.2, -0.15) is 4.31 Å². The Labute approximate surface area is 139 Å². The average Bonchev–Trinajstić information content (AvgIpc) is 2.60. The lowest BCUT2D eigenvalue weighted by Crippen LogP contribution is -2.37. The molecule has 0 atom stereocenters. The molecule has 1 aliphatic heterocycles. The van der Waals surface area contributed by atoms with Crippen LogP contribution in [-0.4, -0.2) is 19.3 Å². The molecule has 2 heterocycles. The van der Waals surface area contributed by atoms with Crippen LogP contribution in [0.4, 0.5) is 0 Å². The normalized spacial score (nSPS) is 15.3. The average molecular weight is 341 g/mol. The summed E-state index contributed by atoms with van der Waals surface area (Å²) >= 11 is 0. The SMILES string of the molecule is O=c1oc2ccccc2cc1S(=O)(=O)N1CCc2ccccc2C1. The van der Waals surface area contributed by atoms with E-state index in [-0.39, 0.29) is 11.4 Å². The van der Waals surface area contributed by atoms with Gasteiger partial charge in [-0.15, -0.1) is 0 Å². The number of sulfonamides is 1. The maximum absolute atomic E-state index is 12.9. The van der Waals surface area contributed by atoms with Gasteiger partial charge in [-0.1, -0.05) is 42.5 Å². The van der Waals surface area contributed by atoms with Crippen LogP contribution in [0.15, 0.2) is 68.7 Å². The third-order valence-electron chi connectivity index (χ3n) is 4.32. The van der Waals surface area contributed by atoms with E-state index in [2.05, 4.69) is 0 Å². The molecule has 0 aliphatic carbocycles. The van der Waals surface area contributed by atoms with Crippen molar-refractivity contribution in [2.24, 2.45) is 0 Å². The molecule has 122 valence electrons. The molecular weight excluding hydrogens is 326 g/mol. The van der Waals surface area contributed by atoms with Crippen LogP contribution in [0, 0.1) is 0 Å². The second-order valence-electron chi connectivity index (χ2n) is 5.79. The second kappa shape index (κ2) is 5.58. The molecule has 0 spiro atoms. The fourth-order valence-corrected chi connectivity index (χ4v) is 4.48. The summed E-state index contributed by atoms with van der Waals surface area (Å²) in [6.45, 7) is 0.621. The maximum atomic E-state index is 12.9. The Morgan fingerprint density at radius 3 is 2.50 bits per heavy atom. The van der Waals surface area contributed by atoms with Crippen LogP contribution in [-0.2, 0) is 23.0 Å². The minimum absolute atomic E-state index is 0.269. The summed E-state index contributed by atoms with van der Waals surface area (Å²) in [5.74, 6) is 0. The molecular formula is C18H15NO4S. The lowest BCUT2D eigenvalue weighted by atomic mass is 10.0. The Morgan fingerprint density at radius 1 is 0.958 bits per heavy atom. The van der Waals surface area contributed by atoms with E-state index < -0.39 is 15.6 Å². The highest BCUT2D eigenvalue weighted by Gasteiger charge is 2.31. The van der Waals surface area contributed by atoms with Crippen LogP contribution in [0.3, 0.4) is 0 Å². The topological polar surface area (TPSA) is 67.6 Å². The van der Waals surface area contributed by atoms with E-state index >= 15 is 0 Å². The van der Waals surface area contributed by atoms with E-state index in [0.717, 1.165) is 11.1 Å². The van der Waals surface area contributed by atoms with Crippen molar-refractivity contribution in [3.05, 3.63) is 76.1 Å². The van der Waals surface area contributed by atoms with Crippen LogP contribution < -0.4 is 5.63 Å². The Morgan fingerprint density at radius 2 is 1.67 bits per heavy atom. The number of hydrogen-bond acceptors (Lipinski definition) is 4. The molecule has 2 aromatic carbocycles. The summed E-state index contributed by atoms with van der Waals surface area (Å²) in [6, 6.07) is 16.0. The molecule has 0 unspecified atom stereocenters. The summed E-state index contributed by atoms with van der Waals surface area (Å²) in [5.41, 5.74) is 1.67. The van der Waals surface area contributed by atoms with Crippen molar-refractivity contribution < 1.29 is 12.8 Å². The van der Waals surface area contributed by atoms with Crippen molar-refractivity contribution in [3.8, 4) is 0 Å². The lowest BCUT2D eigenvalue weighted by Gasteiger charge is -2.27. The van der Waals surface area contributed by atoms with Gasteiger partial charge in [0.15, 0.2) is 4.90 Å². The molecule has 1 aromatic heterocycles. The van der Waals surface area contributed by atoms with Crippen LogP contribution in [0.1, 0.15) is 11.1 Å². The summed E-state index contributed by atoms with van der Waals surface area (Å²) < 4.78 is 32.4.